The number of nitrogens with zero attached hydrogens (tertiary/aromatic N) is 3. The Labute approximate surface area is 162 Å². The fourth-order valence-electron chi connectivity index (χ4n) is 3.66. The molecule has 0 saturated carbocycles. The monoisotopic (exact) mass is 384 g/mol. The van der Waals surface area contributed by atoms with Gasteiger partial charge in [-0.05, 0) is 45.2 Å². The lowest BCUT2D eigenvalue weighted by Gasteiger charge is -2.33. The van der Waals surface area contributed by atoms with E-state index in [0.717, 1.165) is 53.6 Å². The van der Waals surface area contributed by atoms with E-state index in [0.29, 0.717) is 12.8 Å². The van der Waals surface area contributed by atoms with E-state index in [2.05, 4.69) is 21.4 Å². The van der Waals surface area contributed by atoms with Crippen molar-refractivity contribution in [2.75, 3.05) is 18.0 Å². The number of carbonyl (C=O) groups is 1. The first kappa shape index (κ1) is 18.0. The molecular weight excluding hydrogens is 360 g/mol. The number of aromatic nitrogens is 2. The highest BCUT2D eigenvalue weighted by atomic mass is 32.1. The molecule has 1 aliphatic rings. The minimum Gasteiger partial charge on any atom is -0.361 e. The maximum absolute atomic E-state index is 12.4. The van der Waals surface area contributed by atoms with Crippen molar-refractivity contribution in [3.05, 3.63) is 41.3 Å². The Morgan fingerprint density at radius 3 is 3.00 bits per heavy atom. The van der Waals surface area contributed by atoms with Gasteiger partial charge in [0.25, 0.3) is 0 Å². The van der Waals surface area contributed by atoms with Crippen LogP contribution in [0, 0.1) is 13.8 Å². The third-order valence-corrected chi connectivity index (χ3v) is 6.22. The molecule has 1 aromatic carbocycles. The van der Waals surface area contributed by atoms with Gasteiger partial charge in [-0.25, -0.2) is 4.98 Å². The molecule has 1 aliphatic heterocycles. The molecule has 1 N–H and O–H groups in total. The number of rotatable bonds is 5. The zero-order chi connectivity index (χ0) is 18.8. The predicted octanol–water partition coefficient (Wildman–Crippen LogP) is 3.62. The number of aryl methyl sites for hydroxylation is 2. The van der Waals surface area contributed by atoms with Crippen molar-refractivity contribution >= 4 is 32.6 Å². The van der Waals surface area contributed by atoms with Gasteiger partial charge in [0, 0.05) is 31.1 Å². The fraction of sp³-hybridized carbons (Fsp3) is 0.450. The summed E-state index contributed by atoms with van der Waals surface area (Å²) in [6.07, 6.45) is 3.20. The molecule has 142 valence electrons. The molecule has 1 amide bonds. The van der Waals surface area contributed by atoms with Crippen LogP contribution in [0.25, 0.3) is 10.2 Å². The molecule has 0 bridgehead atoms. The average Bonchev–Trinajstić information content (AvgIpc) is 3.24. The van der Waals surface area contributed by atoms with Gasteiger partial charge in [-0.15, -0.1) is 0 Å². The summed E-state index contributed by atoms with van der Waals surface area (Å²) < 4.78 is 6.38. The standard InChI is InChI=1S/C20H24N4O2S/c1-13-16(14(2)26-23-13)9-10-19(25)21-15-6-5-11-24(12-15)20-22-17-7-3-4-8-18(17)27-20/h3-4,7-8,15H,5-6,9-12H2,1-2H3,(H,21,25)/t15-/m0/s1. The molecule has 3 heterocycles. The summed E-state index contributed by atoms with van der Waals surface area (Å²) in [5.41, 5.74) is 2.97. The van der Waals surface area contributed by atoms with Crippen molar-refractivity contribution in [2.24, 2.45) is 0 Å². The van der Waals surface area contributed by atoms with E-state index in [1.165, 1.54) is 4.70 Å². The van der Waals surface area contributed by atoms with Crippen molar-refractivity contribution < 1.29 is 9.32 Å². The quantitative estimate of drug-likeness (QED) is 0.727. The van der Waals surface area contributed by atoms with E-state index in [-0.39, 0.29) is 11.9 Å². The van der Waals surface area contributed by atoms with Gasteiger partial charge >= 0.3 is 0 Å². The lowest BCUT2D eigenvalue weighted by atomic mass is 10.0. The molecule has 0 radical (unpaired) electrons. The van der Waals surface area contributed by atoms with Gasteiger partial charge in [-0.1, -0.05) is 28.6 Å². The SMILES string of the molecule is Cc1noc(C)c1CCC(=O)N[C@H]1CCCN(c2nc3ccccc3s2)C1. The van der Waals surface area contributed by atoms with E-state index in [1.807, 2.05) is 32.0 Å². The van der Waals surface area contributed by atoms with Crippen LogP contribution in [0.5, 0.6) is 0 Å². The number of thiazole rings is 1. The predicted molar refractivity (Wildman–Crippen MR) is 107 cm³/mol. The number of para-hydroxylation sites is 1. The number of amides is 1. The Morgan fingerprint density at radius 2 is 2.22 bits per heavy atom. The first-order valence-electron chi connectivity index (χ1n) is 9.42. The van der Waals surface area contributed by atoms with Gasteiger partial charge in [0.15, 0.2) is 5.13 Å². The van der Waals surface area contributed by atoms with Crippen molar-refractivity contribution in [3.8, 4) is 0 Å². The van der Waals surface area contributed by atoms with Gasteiger partial charge < -0.3 is 14.7 Å². The largest absolute Gasteiger partial charge is 0.361 e. The number of nitrogens with one attached hydrogen (secondary N) is 1. The fourth-order valence-corrected chi connectivity index (χ4v) is 4.66. The zero-order valence-electron chi connectivity index (χ0n) is 15.7. The van der Waals surface area contributed by atoms with Crippen molar-refractivity contribution in [1.29, 1.82) is 0 Å². The smallest absolute Gasteiger partial charge is 0.220 e. The van der Waals surface area contributed by atoms with Crippen LogP contribution < -0.4 is 10.2 Å². The molecule has 27 heavy (non-hydrogen) atoms. The molecule has 0 spiro atoms. The molecule has 0 unspecified atom stereocenters. The number of benzene rings is 1. The normalized spacial score (nSPS) is 17.4. The number of hydrogen-bond donors (Lipinski definition) is 1. The molecule has 3 aromatic rings. The Hall–Kier alpha value is -2.41. The Balaban J connectivity index is 1.34. The summed E-state index contributed by atoms with van der Waals surface area (Å²) in [6.45, 7) is 5.62. The maximum atomic E-state index is 12.4. The van der Waals surface area contributed by atoms with Crippen LogP contribution in [0.3, 0.4) is 0 Å². The highest BCUT2D eigenvalue weighted by Gasteiger charge is 2.24. The highest BCUT2D eigenvalue weighted by molar-refractivity contribution is 7.22. The maximum Gasteiger partial charge on any atom is 0.220 e. The lowest BCUT2D eigenvalue weighted by molar-refractivity contribution is -0.121. The summed E-state index contributed by atoms with van der Waals surface area (Å²) in [4.78, 5) is 19.5. The van der Waals surface area contributed by atoms with Crippen LogP contribution in [0.1, 0.15) is 36.3 Å². The minimum atomic E-state index is 0.0890. The van der Waals surface area contributed by atoms with Crippen LogP contribution in [-0.4, -0.2) is 35.2 Å². The minimum absolute atomic E-state index is 0.0890. The second-order valence-corrected chi connectivity index (χ2v) is 8.13. The van der Waals surface area contributed by atoms with Gasteiger partial charge in [0.1, 0.15) is 5.76 Å². The molecule has 0 aliphatic carbocycles. The molecule has 1 saturated heterocycles. The first-order valence-corrected chi connectivity index (χ1v) is 10.2. The second kappa shape index (κ2) is 7.68. The molecule has 6 nitrogen and oxygen atoms in total. The molecule has 1 atom stereocenters. The molecule has 1 fully saturated rings. The third-order valence-electron chi connectivity index (χ3n) is 5.12. The molecule has 2 aromatic heterocycles. The number of fused-ring (bicyclic) bond motifs is 1. The van der Waals surface area contributed by atoms with Gasteiger partial charge in [-0.2, -0.15) is 0 Å². The highest BCUT2D eigenvalue weighted by Crippen LogP contribution is 2.30. The number of hydrogen-bond acceptors (Lipinski definition) is 6. The number of piperidine rings is 1. The second-order valence-electron chi connectivity index (χ2n) is 7.12. The first-order chi connectivity index (χ1) is 13.1. The van der Waals surface area contributed by atoms with Crippen molar-refractivity contribution in [2.45, 2.75) is 45.6 Å². The van der Waals surface area contributed by atoms with E-state index in [1.54, 1.807) is 11.3 Å². The van der Waals surface area contributed by atoms with E-state index >= 15 is 0 Å². The number of anilines is 1. The zero-order valence-corrected chi connectivity index (χ0v) is 16.5. The molecule has 4 rings (SSSR count). The van der Waals surface area contributed by atoms with E-state index < -0.39 is 0 Å². The average molecular weight is 385 g/mol. The summed E-state index contributed by atoms with van der Waals surface area (Å²) in [7, 11) is 0. The summed E-state index contributed by atoms with van der Waals surface area (Å²) in [6, 6.07) is 8.39. The Bertz CT molecular complexity index is 896. The molecule has 7 heteroatoms. The van der Waals surface area contributed by atoms with Crippen LogP contribution in [0.2, 0.25) is 0 Å². The van der Waals surface area contributed by atoms with Gasteiger partial charge in [0.05, 0.1) is 15.9 Å². The van der Waals surface area contributed by atoms with Crippen LogP contribution >= 0.6 is 11.3 Å². The topological polar surface area (TPSA) is 71.3 Å². The van der Waals surface area contributed by atoms with Crippen molar-refractivity contribution in [1.82, 2.24) is 15.5 Å². The van der Waals surface area contributed by atoms with Gasteiger partial charge in [-0.3, -0.25) is 4.79 Å². The van der Waals surface area contributed by atoms with Gasteiger partial charge in [0.2, 0.25) is 5.91 Å². The molecular formula is C20H24N4O2S. The summed E-state index contributed by atoms with van der Waals surface area (Å²) in [5.74, 6) is 0.895. The lowest BCUT2D eigenvalue weighted by Crippen LogP contribution is -2.47. The van der Waals surface area contributed by atoms with Crippen molar-refractivity contribution in [3.63, 3.8) is 0 Å². The van der Waals surface area contributed by atoms with Crippen LogP contribution in [-0.2, 0) is 11.2 Å². The van der Waals surface area contributed by atoms with E-state index in [4.69, 9.17) is 9.51 Å². The summed E-state index contributed by atoms with van der Waals surface area (Å²) in [5, 5.41) is 8.20. The Morgan fingerprint density at radius 1 is 1.37 bits per heavy atom. The van der Waals surface area contributed by atoms with Crippen LogP contribution in [0.4, 0.5) is 5.13 Å². The summed E-state index contributed by atoms with van der Waals surface area (Å²) >= 11 is 1.72. The number of carbonyl (C=O) groups excluding carboxylic acids is 1. The Kier molecular flexibility index (Phi) is 5.11. The van der Waals surface area contributed by atoms with Crippen LogP contribution in [0.15, 0.2) is 28.8 Å². The third kappa shape index (κ3) is 3.98. The van der Waals surface area contributed by atoms with E-state index in [9.17, 15) is 4.79 Å².